The monoisotopic (exact) mass is 295 g/mol. The molecule has 0 aliphatic heterocycles. The number of anilines is 1. The summed E-state index contributed by atoms with van der Waals surface area (Å²) in [7, 11) is -3.94. The van der Waals surface area contributed by atoms with Crippen LogP contribution in [0.2, 0.25) is 0 Å². The van der Waals surface area contributed by atoms with Crippen molar-refractivity contribution in [1.82, 2.24) is 0 Å². The molecule has 2 N–H and O–H groups in total. The Balaban J connectivity index is 2.92. The second-order valence-electron chi connectivity index (χ2n) is 3.68. The Morgan fingerprint density at radius 3 is 2.33 bits per heavy atom. The van der Waals surface area contributed by atoms with Gasteiger partial charge in [-0.25, -0.2) is 17.2 Å². The maximum absolute atomic E-state index is 13.5. The minimum Gasteiger partial charge on any atom is -0.399 e. The zero-order valence-corrected chi connectivity index (χ0v) is 11.6. The van der Waals surface area contributed by atoms with Gasteiger partial charge < -0.3 is 5.73 Å². The minimum atomic E-state index is -3.94. The Hall–Kier alpha value is -0.820. The number of nitrogen functional groups attached to an aromatic ring is 1. The number of thioether (sulfide) groups is 1. The molecule has 3 nitrogen and oxygen atoms in total. The van der Waals surface area contributed by atoms with E-state index >= 15 is 0 Å². The van der Waals surface area contributed by atoms with Gasteiger partial charge in [0.25, 0.3) is 0 Å². The Labute approximate surface area is 110 Å². The van der Waals surface area contributed by atoms with E-state index in [-0.39, 0.29) is 11.4 Å². The first kappa shape index (κ1) is 15.2. The number of rotatable bonds is 6. The van der Waals surface area contributed by atoms with Crippen molar-refractivity contribution in [2.24, 2.45) is 0 Å². The first-order valence-electron chi connectivity index (χ1n) is 5.43. The van der Waals surface area contributed by atoms with E-state index < -0.39 is 26.4 Å². The van der Waals surface area contributed by atoms with Crippen LogP contribution in [0.15, 0.2) is 17.0 Å². The maximum Gasteiger partial charge on any atom is 0.184 e. The van der Waals surface area contributed by atoms with Gasteiger partial charge in [-0.05, 0) is 30.1 Å². The lowest BCUT2D eigenvalue weighted by atomic mass is 10.3. The normalized spacial score (nSPS) is 11.7. The predicted octanol–water partition coefficient (Wildman–Crippen LogP) is 2.46. The number of nitrogens with two attached hydrogens (primary N) is 1. The number of halogens is 2. The van der Waals surface area contributed by atoms with E-state index in [0.29, 0.717) is 12.2 Å². The summed E-state index contributed by atoms with van der Waals surface area (Å²) in [6.07, 6.45) is 0.365. The summed E-state index contributed by atoms with van der Waals surface area (Å²) in [6.45, 7) is 1.96. The van der Waals surface area contributed by atoms with Crippen molar-refractivity contribution < 1.29 is 17.2 Å². The Bertz CT molecular complexity index is 495. The first-order valence-corrected chi connectivity index (χ1v) is 8.24. The van der Waals surface area contributed by atoms with Gasteiger partial charge in [0.05, 0.1) is 5.75 Å². The van der Waals surface area contributed by atoms with Gasteiger partial charge in [0.2, 0.25) is 0 Å². The van der Waals surface area contributed by atoms with Crippen LogP contribution in [0, 0.1) is 11.6 Å². The van der Waals surface area contributed by atoms with E-state index in [1.807, 2.05) is 6.92 Å². The summed E-state index contributed by atoms with van der Waals surface area (Å²) >= 11 is 1.58. The Morgan fingerprint density at radius 1 is 1.28 bits per heavy atom. The van der Waals surface area contributed by atoms with Crippen molar-refractivity contribution in [3.05, 3.63) is 23.8 Å². The van der Waals surface area contributed by atoms with Crippen LogP contribution in [0.1, 0.15) is 13.3 Å². The Kier molecular flexibility index (Phi) is 5.40. The van der Waals surface area contributed by atoms with E-state index in [4.69, 9.17) is 5.73 Å². The van der Waals surface area contributed by atoms with Crippen molar-refractivity contribution >= 4 is 27.3 Å². The van der Waals surface area contributed by atoms with Crippen LogP contribution in [0.5, 0.6) is 0 Å². The summed E-state index contributed by atoms with van der Waals surface area (Å²) in [6, 6.07) is 1.63. The number of hydrogen-bond acceptors (Lipinski definition) is 4. The van der Waals surface area contributed by atoms with Gasteiger partial charge >= 0.3 is 0 Å². The van der Waals surface area contributed by atoms with E-state index in [9.17, 15) is 17.2 Å². The molecule has 0 bridgehead atoms. The summed E-state index contributed by atoms with van der Waals surface area (Å²) in [5.74, 6) is -0.998. The highest BCUT2D eigenvalue weighted by Crippen LogP contribution is 2.23. The lowest BCUT2D eigenvalue weighted by Gasteiger charge is -2.07. The quantitative estimate of drug-likeness (QED) is 0.647. The van der Waals surface area contributed by atoms with Gasteiger partial charge in [0, 0.05) is 5.69 Å². The third-order valence-corrected chi connectivity index (χ3v) is 5.06. The molecule has 0 aliphatic carbocycles. The van der Waals surface area contributed by atoms with Gasteiger partial charge in [-0.1, -0.05) is 6.92 Å². The Morgan fingerprint density at radius 2 is 1.83 bits per heavy atom. The molecule has 0 amide bonds. The third-order valence-electron chi connectivity index (χ3n) is 2.24. The fourth-order valence-electron chi connectivity index (χ4n) is 1.47. The highest BCUT2D eigenvalue weighted by molar-refractivity contribution is 7.99. The fraction of sp³-hybridized carbons (Fsp3) is 0.455. The molecular formula is C11H15F2NO2S2. The average molecular weight is 295 g/mol. The van der Waals surface area contributed by atoms with Gasteiger partial charge in [0.15, 0.2) is 9.84 Å². The van der Waals surface area contributed by atoms with Crippen molar-refractivity contribution in [3.63, 3.8) is 0 Å². The lowest BCUT2D eigenvalue weighted by molar-refractivity contribution is 0.520. The second kappa shape index (κ2) is 6.38. The molecule has 0 spiro atoms. The summed E-state index contributed by atoms with van der Waals surface area (Å²) in [4.78, 5) is -0.877. The third kappa shape index (κ3) is 3.84. The van der Waals surface area contributed by atoms with Gasteiger partial charge in [-0.15, -0.1) is 0 Å². The van der Waals surface area contributed by atoms with Crippen LogP contribution in [0.25, 0.3) is 0 Å². The van der Waals surface area contributed by atoms with E-state index in [1.54, 1.807) is 11.8 Å². The van der Waals surface area contributed by atoms with Crippen molar-refractivity contribution in [1.29, 1.82) is 0 Å². The largest absolute Gasteiger partial charge is 0.399 e. The molecule has 0 fully saturated rings. The van der Waals surface area contributed by atoms with Gasteiger partial charge in [-0.3, -0.25) is 0 Å². The van der Waals surface area contributed by atoms with E-state index in [1.165, 1.54) is 0 Å². The van der Waals surface area contributed by atoms with Crippen molar-refractivity contribution in [2.75, 3.05) is 23.0 Å². The maximum atomic E-state index is 13.5. The second-order valence-corrected chi connectivity index (χ2v) is 7.12. The van der Waals surface area contributed by atoms with Gasteiger partial charge in [-0.2, -0.15) is 11.8 Å². The molecule has 0 heterocycles. The topological polar surface area (TPSA) is 60.2 Å². The van der Waals surface area contributed by atoms with Crippen LogP contribution in [0.3, 0.4) is 0 Å². The first-order chi connectivity index (χ1) is 8.38. The molecular weight excluding hydrogens is 280 g/mol. The van der Waals surface area contributed by atoms with Crippen molar-refractivity contribution in [2.45, 2.75) is 18.2 Å². The van der Waals surface area contributed by atoms with Gasteiger partial charge in [0.1, 0.15) is 16.5 Å². The van der Waals surface area contributed by atoms with Crippen molar-refractivity contribution in [3.8, 4) is 0 Å². The van der Waals surface area contributed by atoms with Crippen LogP contribution >= 0.6 is 11.8 Å². The van der Waals surface area contributed by atoms with Crippen LogP contribution < -0.4 is 5.73 Å². The molecule has 0 saturated heterocycles. The SMILES string of the molecule is CCSCCCS(=O)(=O)c1c(F)cc(N)cc1F. The number of hydrogen-bond donors (Lipinski definition) is 1. The number of sulfone groups is 1. The molecule has 102 valence electrons. The molecule has 18 heavy (non-hydrogen) atoms. The van der Waals surface area contributed by atoms with Crippen LogP contribution in [-0.4, -0.2) is 25.7 Å². The average Bonchev–Trinajstić information content (AvgIpc) is 2.22. The molecule has 0 unspecified atom stereocenters. The molecule has 1 aromatic carbocycles. The molecule has 1 rings (SSSR count). The molecule has 1 aromatic rings. The standard InChI is InChI=1S/C11H15F2NO2S2/c1-2-17-4-3-5-18(15,16)11-9(12)6-8(14)7-10(11)13/h6-7H,2-5,14H2,1H3. The van der Waals surface area contributed by atoms with Crippen LogP contribution in [-0.2, 0) is 9.84 Å². The summed E-state index contributed by atoms with van der Waals surface area (Å²) < 4.78 is 50.6. The molecule has 0 atom stereocenters. The van der Waals surface area contributed by atoms with E-state index in [2.05, 4.69) is 0 Å². The predicted molar refractivity (Wildman–Crippen MR) is 70.4 cm³/mol. The zero-order valence-electron chi connectivity index (χ0n) is 9.95. The molecule has 7 heteroatoms. The smallest absolute Gasteiger partial charge is 0.184 e. The molecule has 0 aliphatic rings. The molecule has 0 aromatic heterocycles. The highest BCUT2D eigenvalue weighted by Gasteiger charge is 2.24. The molecule has 0 radical (unpaired) electrons. The summed E-state index contributed by atoms with van der Waals surface area (Å²) in [5.41, 5.74) is 5.10. The lowest BCUT2D eigenvalue weighted by Crippen LogP contribution is -2.12. The summed E-state index contributed by atoms with van der Waals surface area (Å²) in [5, 5.41) is 0. The fourth-order valence-corrected chi connectivity index (χ4v) is 3.73. The minimum absolute atomic E-state index is 0.134. The molecule has 0 saturated carbocycles. The van der Waals surface area contributed by atoms with Crippen LogP contribution in [0.4, 0.5) is 14.5 Å². The highest BCUT2D eigenvalue weighted by atomic mass is 32.2. The van der Waals surface area contributed by atoms with E-state index in [0.717, 1.165) is 17.9 Å². The number of benzene rings is 1. The zero-order chi connectivity index (χ0) is 13.8.